The van der Waals surface area contributed by atoms with Crippen molar-refractivity contribution in [1.82, 2.24) is 0 Å². The highest BCUT2D eigenvalue weighted by atomic mass is 32.1. The Morgan fingerprint density at radius 1 is 1.50 bits per heavy atom. The monoisotopic (exact) mass is 185 g/mol. The Labute approximate surface area is 76.2 Å². The second-order valence-corrected chi connectivity index (χ2v) is 3.08. The maximum atomic E-state index is 9.11. The smallest absolute Gasteiger partial charge is 0.128 e. The fourth-order valence-electron chi connectivity index (χ4n) is 0.937. The summed E-state index contributed by atoms with van der Waals surface area (Å²) in [6.07, 6.45) is -0.490. The molecular formula is C8H11NO2S. The van der Waals surface area contributed by atoms with Crippen LogP contribution in [0, 0.1) is 0 Å². The van der Waals surface area contributed by atoms with Gasteiger partial charge in [0.05, 0.1) is 0 Å². The van der Waals surface area contributed by atoms with Gasteiger partial charge in [-0.2, -0.15) is 0 Å². The van der Waals surface area contributed by atoms with Crippen molar-refractivity contribution in [1.29, 1.82) is 0 Å². The van der Waals surface area contributed by atoms with E-state index >= 15 is 0 Å². The van der Waals surface area contributed by atoms with E-state index in [1.54, 1.807) is 12.1 Å². The van der Waals surface area contributed by atoms with Crippen LogP contribution in [0.1, 0.15) is 5.56 Å². The van der Waals surface area contributed by atoms with Crippen LogP contribution >= 0.6 is 12.6 Å². The highest BCUT2D eigenvalue weighted by Crippen LogP contribution is 2.22. The second-order valence-electron chi connectivity index (χ2n) is 2.59. The van der Waals surface area contributed by atoms with Gasteiger partial charge in [0.2, 0.25) is 0 Å². The summed E-state index contributed by atoms with van der Waals surface area (Å²) in [5.74, 6) is 0.133. The third-order valence-electron chi connectivity index (χ3n) is 1.48. The molecule has 0 bridgehead atoms. The van der Waals surface area contributed by atoms with E-state index in [4.69, 9.17) is 15.9 Å². The Bertz CT molecular complexity index is 276. The molecule has 4 heteroatoms. The summed E-state index contributed by atoms with van der Waals surface area (Å²) in [5.41, 5.74) is 6.04. The molecule has 0 saturated carbocycles. The highest BCUT2D eigenvalue weighted by molar-refractivity contribution is 7.80. The van der Waals surface area contributed by atoms with Crippen LogP contribution in [0.2, 0.25) is 0 Å². The van der Waals surface area contributed by atoms with Crippen molar-refractivity contribution in [3.63, 3.8) is 0 Å². The molecule has 0 radical (unpaired) electrons. The van der Waals surface area contributed by atoms with Crippen LogP contribution < -0.4 is 5.73 Å². The van der Waals surface area contributed by atoms with Crippen molar-refractivity contribution >= 4 is 12.6 Å². The summed E-state index contributed by atoms with van der Waals surface area (Å²) in [7, 11) is 0. The molecule has 0 aliphatic heterocycles. The Hall–Kier alpha value is -0.710. The molecule has 0 heterocycles. The zero-order valence-corrected chi connectivity index (χ0v) is 7.33. The van der Waals surface area contributed by atoms with Gasteiger partial charge in [-0.05, 0) is 17.7 Å². The third kappa shape index (κ3) is 2.41. The van der Waals surface area contributed by atoms with E-state index in [1.165, 1.54) is 6.07 Å². The number of aromatic hydroxyl groups is 1. The molecule has 4 N–H and O–H groups in total. The van der Waals surface area contributed by atoms with Gasteiger partial charge >= 0.3 is 0 Å². The first-order valence-electron chi connectivity index (χ1n) is 3.54. The maximum absolute atomic E-state index is 9.11. The van der Waals surface area contributed by atoms with Gasteiger partial charge in [0.15, 0.2) is 0 Å². The predicted molar refractivity (Wildman–Crippen MR) is 49.3 cm³/mol. The van der Waals surface area contributed by atoms with Crippen molar-refractivity contribution in [2.45, 2.75) is 17.5 Å². The fraction of sp³-hybridized carbons (Fsp3) is 0.250. The van der Waals surface area contributed by atoms with Crippen LogP contribution in [0.4, 0.5) is 0 Å². The van der Waals surface area contributed by atoms with Crippen LogP contribution in [0.3, 0.4) is 0 Å². The number of phenolic OH excluding ortho intramolecular Hbond substituents is 1. The van der Waals surface area contributed by atoms with Crippen molar-refractivity contribution in [2.24, 2.45) is 5.73 Å². The summed E-state index contributed by atoms with van der Waals surface area (Å²) >= 11 is 4.02. The lowest BCUT2D eigenvalue weighted by Crippen LogP contribution is -2.21. The normalized spacial score (nSPS) is 12.9. The van der Waals surface area contributed by atoms with E-state index in [0.29, 0.717) is 11.3 Å². The van der Waals surface area contributed by atoms with Gasteiger partial charge < -0.3 is 15.9 Å². The number of benzene rings is 1. The molecule has 66 valence electrons. The largest absolute Gasteiger partial charge is 0.507 e. The summed E-state index contributed by atoms with van der Waals surface area (Å²) in [6.45, 7) is 0. The first-order valence-corrected chi connectivity index (χ1v) is 3.99. The Morgan fingerprint density at radius 2 is 2.17 bits per heavy atom. The molecule has 0 fully saturated rings. The molecule has 1 unspecified atom stereocenters. The van der Waals surface area contributed by atoms with Crippen molar-refractivity contribution < 1.29 is 10.2 Å². The second kappa shape index (κ2) is 3.80. The minimum atomic E-state index is -0.859. The molecule has 1 atom stereocenters. The van der Waals surface area contributed by atoms with Gasteiger partial charge in [0.1, 0.15) is 12.0 Å². The lowest BCUT2D eigenvalue weighted by molar-refractivity contribution is 0.183. The Morgan fingerprint density at radius 3 is 2.67 bits per heavy atom. The van der Waals surface area contributed by atoms with Crippen LogP contribution in [0.25, 0.3) is 0 Å². The molecule has 0 amide bonds. The van der Waals surface area contributed by atoms with Gasteiger partial charge in [0.25, 0.3) is 0 Å². The van der Waals surface area contributed by atoms with E-state index in [1.807, 2.05) is 0 Å². The van der Waals surface area contributed by atoms with E-state index in [-0.39, 0.29) is 5.75 Å². The SMILES string of the molecule is NC(O)Cc1ccc(O)c(S)c1. The molecule has 0 aromatic heterocycles. The third-order valence-corrected chi connectivity index (χ3v) is 1.84. The number of phenols is 1. The molecular weight excluding hydrogens is 174 g/mol. The zero-order chi connectivity index (χ0) is 9.14. The van der Waals surface area contributed by atoms with E-state index in [9.17, 15) is 0 Å². The molecule has 0 aliphatic rings. The molecule has 1 rings (SSSR count). The quantitative estimate of drug-likeness (QED) is 0.401. The van der Waals surface area contributed by atoms with Gasteiger partial charge in [-0.3, -0.25) is 0 Å². The van der Waals surface area contributed by atoms with Crippen LogP contribution in [0.5, 0.6) is 5.75 Å². The summed E-state index contributed by atoms with van der Waals surface area (Å²) in [6, 6.07) is 4.90. The highest BCUT2D eigenvalue weighted by Gasteiger charge is 2.01. The zero-order valence-electron chi connectivity index (χ0n) is 6.44. The topological polar surface area (TPSA) is 66.5 Å². The summed E-state index contributed by atoms with van der Waals surface area (Å²) in [5, 5.41) is 18.0. The van der Waals surface area contributed by atoms with Crippen molar-refractivity contribution in [2.75, 3.05) is 0 Å². The molecule has 0 saturated heterocycles. The van der Waals surface area contributed by atoms with Crippen LogP contribution in [0.15, 0.2) is 23.1 Å². The number of hydrogen-bond donors (Lipinski definition) is 4. The lowest BCUT2D eigenvalue weighted by atomic mass is 10.1. The Balaban J connectivity index is 2.82. The molecule has 0 spiro atoms. The molecule has 0 aliphatic carbocycles. The molecule has 3 nitrogen and oxygen atoms in total. The van der Waals surface area contributed by atoms with Gasteiger partial charge in [-0.15, -0.1) is 12.6 Å². The number of thiol groups is 1. The molecule has 1 aromatic carbocycles. The molecule has 1 aromatic rings. The predicted octanol–water partition coefficient (Wildman–Crippen LogP) is 0.500. The van der Waals surface area contributed by atoms with E-state index in [2.05, 4.69) is 12.6 Å². The summed E-state index contributed by atoms with van der Waals surface area (Å²) in [4.78, 5) is 0.494. The minimum absolute atomic E-state index is 0.133. The maximum Gasteiger partial charge on any atom is 0.128 e. The van der Waals surface area contributed by atoms with E-state index in [0.717, 1.165) is 5.56 Å². The standard InChI is InChI=1S/C8H11NO2S/c9-8(11)4-5-1-2-6(10)7(12)3-5/h1-3,8,10-12H,4,9H2. The average Bonchev–Trinajstić information content (AvgIpc) is 1.96. The van der Waals surface area contributed by atoms with Gasteiger partial charge in [0, 0.05) is 11.3 Å². The minimum Gasteiger partial charge on any atom is -0.507 e. The fourth-order valence-corrected chi connectivity index (χ4v) is 1.18. The first-order chi connectivity index (χ1) is 5.59. The summed E-state index contributed by atoms with van der Waals surface area (Å²) < 4.78 is 0. The lowest BCUT2D eigenvalue weighted by Gasteiger charge is -2.05. The van der Waals surface area contributed by atoms with Crippen LogP contribution in [-0.4, -0.2) is 16.4 Å². The van der Waals surface area contributed by atoms with E-state index < -0.39 is 6.23 Å². The average molecular weight is 185 g/mol. The number of aliphatic hydroxyl groups is 1. The Kier molecular flexibility index (Phi) is 2.97. The molecule has 12 heavy (non-hydrogen) atoms. The number of aliphatic hydroxyl groups excluding tert-OH is 1. The van der Waals surface area contributed by atoms with Gasteiger partial charge in [-0.25, -0.2) is 0 Å². The van der Waals surface area contributed by atoms with Crippen LogP contribution in [-0.2, 0) is 6.42 Å². The first kappa shape index (κ1) is 9.38. The van der Waals surface area contributed by atoms with Crippen molar-refractivity contribution in [3.8, 4) is 5.75 Å². The number of rotatable bonds is 2. The number of hydrogen-bond acceptors (Lipinski definition) is 4. The number of nitrogens with two attached hydrogens (primary N) is 1. The van der Waals surface area contributed by atoms with Gasteiger partial charge in [-0.1, -0.05) is 6.07 Å². The van der Waals surface area contributed by atoms with Crippen molar-refractivity contribution in [3.05, 3.63) is 23.8 Å².